The fourth-order valence-corrected chi connectivity index (χ4v) is 4.27. The number of sulfonamides is 1. The van der Waals surface area contributed by atoms with Crippen LogP contribution >= 0.6 is 15.9 Å². The first-order valence-corrected chi connectivity index (χ1v) is 8.45. The minimum atomic E-state index is -3.88. The van der Waals surface area contributed by atoms with Crippen molar-refractivity contribution in [3.05, 3.63) is 29.8 Å². The molecule has 0 aromatic heterocycles. The summed E-state index contributed by atoms with van der Waals surface area (Å²) in [5.74, 6) is -2.25. The number of hydrogen-bond acceptors (Lipinski definition) is 2. The highest BCUT2D eigenvalue weighted by molar-refractivity contribution is 9.09. The van der Waals surface area contributed by atoms with E-state index < -0.39 is 27.2 Å². The Kier molecular flexibility index (Phi) is 5.46. The fourth-order valence-electron chi connectivity index (χ4n) is 1.60. The van der Waals surface area contributed by atoms with Gasteiger partial charge in [0.2, 0.25) is 10.0 Å². The third kappa shape index (κ3) is 3.73. The van der Waals surface area contributed by atoms with Crippen LogP contribution < -0.4 is 4.72 Å². The zero-order chi connectivity index (χ0) is 14.7. The molecular weight excluding hydrogens is 340 g/mol. The van der Waals surface area contributed by atoms with Crippen molar-refractivity contribution in [1.29, 1.82) is 0 Å². The molecule has 0 fully saturated rings. The van der Waals surface area contributed by atoms with Crippen LogP contribution in [-0.2, 0) is 10.0 Å². The summed E-state index contributed by atoms with van der Waals surface area (Å²) in [4.78, 5) is -0.279. The summed E-state index contributed by atoms with van der Waals surface area (Å²) >= 11 is 3.28. The quantitative estimate of drug-likeness (QED) is 0.796. The molecule has 7 heteroatoms. The van der Waals surface area contributed by atoms with Crippen LogP contribution in [0.4, 0.5) is 8.78 Å². The molecule has 1 aromatic rings. The lowest BCUT2D eigenvalue weighted by Crippen LogP contribution is -2.48. The number of halogens is 3. The van der Waals surface area contributed by atoms with Crippen LogP contribution in [0, 0.1) is 11.6 Å². The molecule has 0 heterocycles. The summed E-state index contributed by atoms with van der Waals surface area (Å²) in [5.41, 5.74) is -0.635. The standard InChI is InChI=1S/C12H16BrF2NO2S/c1-3-12(4-2,8-13)16-19(17,18)9-5-6-10(14)11(15)7-9/h5-7,16H,3-4,8H2,1-2H3. The molecule has 0 aliphatic rings. The van der Waals surface area contributed by atoms with Gasteiger partial charge in [0.1, 0.15) is 0 Å². The Morgan fingerprint density at radius 1 is 1.21 bits per heavy atom. The highest BCUT2D eigenvalue weighted by Crippen LogP contribution is 2.22. The Balaban J connectivity index is 3.14. The van der Waals surface area contributed by atoms with Gasteiger partial charge in [-0.15, -0.1) is 0 Å². The minimum absolute atomic E-state index is 0.279. The molecular formula is C12H16BrF2NO2S. The van der Waals surface area contributed by atoms with Gasteiger partial charge in [-0.1, -0.05) is 29.8 Å². The van der Waals surface area contributed by atoms with E-state index in [-0.39, 0.29) is 4.90 Å². The van der Waals surface area contributed by atoms with Crippen molar-refractivity contribution in [3.63, 3.8) is 0 Å². The first-order valence-electron chi connectivity index (χ1n) is 5.85. The number of hydrogen-bond donors (Lipinski definition) is 1. The predicted octanol–water partition coefficient (Wildman–Crippen LogP) is 3.20. The van der Waals surface area contributed by atoms with E-state index in [1.54, 1.807) is 0 Å². The van der Waals surface area contributed by atoms with Gasteiger partial charge in [-0.3, -0.25) is 0 Å². The second-order valence-electron chi connectivity index (χ2n) is 4.30. The molecule has 1 aromatic carbocycles. The van der Waals surface area contributed by atoms with E-state index in [1.807, 2.05) is 13.8 Å². The highest BCUT2D eigenvalue weighted by atomic mass is 79.9. The number of alkyl halides is 1. The molecule has 0 aliphatic carbocycles. The van der Waals surface area contributed by atoms with E-state index >= 15 is 0 Å². The lowest BCUT2D eigenvalue weighted by Gasteiger charge is -2.30. The average Bonchev–Trinajstić information content (AvgIpc) is 2.39. The van der Waals surface area contributed by atoms with E-state index in [4.69, 9.17) is 0 Å². The number of nitrogens with one attached hydrogen (secondary N) is 1. The van der Waals surface area contributed by atoms with Crippen molar-refractivity contribution in [2.45, 2.75) is 37.1 Å². The van der Waals surface area contributed by atoms with Gasteiger partial charge in [-0.05, 0) is 31.0 Å². The van der Waals surface area contributed by atoms with E-state index in [1.165, 1.54) is 0 Å². The first kappa shape index (κ1) is 16.5. The third-order valence-corrected chi connectivity index (χ3v) is 5.81. The van der Waals surface area contributed by atoms with Gasteiger partial charge in [-0.2, -0.15) is 0 Å². The van der Waals surface area contributed by atoms with Gasteiger partial charge in [0, 0.05) is 10.9 Å². The molecule has 0 saturated carbocycles. The van der Waals surface area contributed by atoms with Crippen LogP contribution in [0.15, 0.2) is 23.1 Å². The van der Waals surface area contributed by atoms with Gasteiger partial charge in [0.15, 0.2) is 11.6 Å². The molecule has 108 valence electrons. The fraction of sp³-hybridized carbons (Fsp3) is 0.500. The topological polar surface area (TPSA) is 46.2 Å². The summed E-state index contributed by atoms with van der Waals surface area (Å²) in [7, 11) is -3.88. The van der Waals surface area contributed by atoms with Crippen molar-refractivity contribution in [3.8, 4) is 0 Å². The van der Waals surface area contributed by atoms with E-state index in [9.17, 15) is 17.2 Å². The lowest BCUT2D eigenvalue weighted by molar-refractivity contribution is 0.398. The summed E-state index contributed by atoms with van der Waals surface area (Å²) < 4.78 is 52.8. The normalized spacial score (nSPS) is 12.7. The van der Waals surface area contributed by atoms with Gasteiger partial charge in [0.25, 0.3) is 0 Å². The molecule has 0 radical (unpaired) electrons. The summed E-state index contributed by atoms with van der Waals surface area (Å²) in [5, 5.41) is 0.440. The Morgan fingerprint density at radius 3 is 2.21 bits per heavy atom. The second kappa shape index (κ2) is 6.28. The van der Waals surface area contributed by atoms with Crippen molar-refractivity contribution < 1.29 is 17.2 Å². The third-order valence-electron chi connectivity index (χ3n) is 3.16. The van der Waals surface area contributed by atoms with Gasteiger partial charge < -0.3 is 0 Å². The van der Waals surface area contributed by atoms with Crippen LogP contribution in [0.1, 0.15) is 26.7 Å². The Bertz CT molecular complexity index is 536. The summed E-state index contributed by atoms with van der Waals surface area (Å²) in [6.07, 6.45) is 1.16. The summed E-state index contributed by atoms with van der Waals surface area (Å²) in [6, 6.07) is 2.53. The molecule has 0 spiro atoms. The largest absolute Gasteiger partial charge is 0.241 e. The first-order chi connectivity index (χ1) is 8.80. The van der Waals surface area contributed by atoms with Crippen LogP contribution in [0.25, 0.3) is 0 Å². The minimum Gasteiger partial charge on any atom is -0.207 e. The SMILES string of the molecule is CCC(CC)(CBr)NS(=O)(=O)c1ccc(F)c(F)c1. The van der Waals surface area contributed by atoms with Gasteiger partial charge >= 0.3 is 0 Å². The Labute approximate surface area is 120 Å². The predicted molar refractivity (Wildman–Crippen MR) is 73.8 cm³/mol. The molecule has 0 atom stereocenters. The Morgan fingerprint density at radius 2 is 1.79 bits per heavy atom. The van der Waals surface area contributed by atoms with E-state index in [0.717, 1.165) is 12.1 Å². The molecule has 19 heavy (non-hydrogen) atoms. The van der Waals surface area contributed by atoms with Crippen molar-refractivity contribution in [1.82, 2.24) is 4.72 Å². The zero-order valence-corrected chi connectivity index (χ0v) is 13.1. The van der Waals surface area contributed by atoms with Crippen LogP contribution in [0.3, 0.4) is 0 Å². The monoisotopic (exact) mass is 355 g/mol. The maximum absolute atomic E-state index is 13.1. The maximum Gasteiger partial charge on any atom is 0.241 e. The van der Waals surface area contributed by atoms with Crippen molar-refractivity contribution in [2.24, 2.45) is 0 Å². The summed E-state index contributed by atoms with van der Waals surface area (Å²) in [6.45, 7) is 3.72. The van der Waals surface area contributed by atoms with Gasteiger partial charge in [-0.25, -0.2) is 21.9 Å². The Hall–Kier alpha value is -0.530. The molecule has 3 nitrogen and oxygen atoms in total. The number of rotatable bonds is 6. The highest BCUT2D eigenvalue weighted by Gasteiger charge is 2.31. The van der Waals surface area contributed by atoms with Gasteiger partial charge in [0.05, 0.1) is 4.90 Å². The average molecular weight is 356 g/mol. The zero-order valence-electron chi connectivity index (χ0n) is 10.7. The van der Waals surface area contributed by atoms with Crippen molar-refractivity contribution in [2.75, 3.05) is 5.33 Å². The maximum atomic E-state index is 13.1. The van der Waals surface area contributed by atoms with E-state index in [2.05, 4.69) is 20.7 Å². The molecule has 1 rings (SSSR count). The molecule has 0 amide bonds. The number of benzene rings is 1. The lowest BCUT2D eigenvalue weighted by atomic mass is 9.97. The van der Waals surface area contributed by atoms with Crippen LogP contribution in [0.2, 0.25) is 0 Å². The van der Waals surface area contributed by atoms with E-state index in [0.29, 0.717) is 24.2 Å². The molecule has 0 aliphatic heterocycles. The van der Waals surface area contributed by atoms with Crippen molar-refractivity contribution >= 4 is 26.0 Å². The molecule has 0 bridgehead atoms. The molecule has 0 saturated heterocycles. The smallest absolute Gasteiger partial charge is 0.207 e. The second-order valence-corrected chi connectivity index (χ2v) is 6.55. The van der Waals surface area contributed by atoms with Crippen LogP contribution in [0.5, 0.6) is 0 Å². The van der Waals surface area contributed by atoms with Crippen LogP contribution in [-0.4, -0.2) is 19.3 Å². The molecule has 1 N–H and O–H groups in total. The molecule has 0 unspecified atom stereocenters.